The number of guanidine groups is 1. The molecule has 0 spiro atoms. The van der Waals surface area contributed by atoms with Crippen molar-refractivity contribution in [2.45, 2.75) is 25.8 Å². The fourth-order valence-electron chi connectivity index (χ4n) is 3.31. The summed E-state index contributed by atoms with van der Waals surface area (Å²) in [6, 6.07) is 10.8. The third kappa shape index (κ3) is 7.71. The van der Waals surface area contributed by atoms with Crippen molar-refractivity contribution in [3.8, 4) is 11.5 Å². The molecular weight excluding hydrogens is 512 g/mol. The smallest absolute Gasteiger partial charge is 0.191 e. The van der Waals surface area contributed by atoms with E-state index in [2.05, 4.69) is 20.6 Å². The first kappa shape index (κ1) is 25.0. The Kier molecular flexibility index (Phi) is 10.6. The van der Waals surface area contributed by atoms with Crippen LogP contribution in [0.25, 0.3) is 0 Å². The van der Waals surface area contributed by atoms with Crippen LogP contribution in [0.15, 0.2) is 47.6 Å². The zero-order valence-corrected chi connectivity index (χ0v) is 20.3. The molecule has 1 unspecified atom stereocenters. The number of rotatable bonds is 9. The first-order chi connectivity index (χ1) is 14.7. The monoisotopic (exact) mass is 543 g/mol. The Morgan fingerprint density at radius 2 is 2.03 bits per heavy atom. The van der Waals surface area contributed by atoms with E-state index in [4.69, 9.17) is 9.47 Å². The van der Waals surface area contributed by atoms with Crippen molar-refractivity contribution in [1.29, 1.82) is 0 Å². The topological polar surface area (TPSA) is 71.0 Å². The number of ether oxygens (including phenoxy) is 2. The third-order valence-electron chi connectivity index (χ3n) is 4.81. The summed E-state index contributed by atoms with van der Waals surface area (Å²) in [5, 5.41) is 6.72. The second-order valence-electron chi connectivity index (χ2n) is 7.02. The maximum atomic E-state index is 14.0. The minimum atomic E-state index is -0.282. The zero-order chi connectivity index (χ0) is 21.2. The van der Waals surface area contributed by atoms with E-state index >= 15 is 0 Å². The highest BCUT2D eigenvalue weighted by Crippen LogP contribution is 2.20. The number of anilines is 1. The van der Waals surface area contributed by atoms with E-state index in [-0.39, 0.29) is 35.8 Å². The van der Waals surface area contributed by atoms with Gasteiger partial charge in [-0.25, -0.2) is 9.37 Å². The third-order valence-corrected chi connectivity index (χ3v) is 4.81. The van der Waals surface area contributed by atoms with Gasteiger partial charge in [0.25, 0.3) is 0 Å². The lowest BCUT2D eigenvalue weighted by atomic mass is 10.3. The second-order valence-corrected chi connectivity index (χ2v) is 7.02. The number of benzene rings is 1. The van der Waals surface area contributed by atoms with Gasteiger partial charge >= 0.3 is 0 Å². The van der Waals surface area contributed by atoms with Crippen LogP contribution in [-0.2, 0) is 0 Å². The Morgan fingerprint density at radius 3 is 2.74 bits per heavy atom. The quantitative estimate of drug-likeness (QED) is 0.219. The van der Waals surface area contributed by atoms with Crippen molar-refractivity contribution < 1.29 is 13.9 Å². The van der Waals surface area contributed by atoms with Crippen LogP contribution in [-0.4, -0.2) is 56.9 Å². The van der Waals surface area contributed by atoms with Crippen LogP contribution in [0.1, 0.15) is 19.8 Å². The lowest BCUT2D eigenvalue weighted by Crippen LogP contribution is -2.44. The number of hydrogen-bond acceptors (Lipinski definition) is 5. The molecule has 0 radical (unpaired) electrons. The van der Waals surface area contributed by atoms with E-state index in [0.29, 0.717) is 25.5 Å². The van der Waals surface area contributed by atoms with Gasteiger partial charge in [0.05, 0.1) is 13.7 Å². The van der Waals surface area contributed by atoms with Crippen LogP contribution in [0.3, 0.4) is 0 Å². The number of aromatic nitrogens is 1. The molecular formula is C22H31FIN5O2. The van der Waals surface area contributed by atoms with E-state index < -0.39 is 0 Å². The highest BCUT2D eigenvalue weighted by atomic mass is 127. The van der Waals surface area contributed by atoms with Crippen LogP contribution in [0.5, 0.6) is 11.5 Å². The average molecular weight is 543 g/mol. The molecule has 1 saturated heterocycles. The molecule has 2 aromatic rings. The van der Waals surface area contributed by atoms with Gasteiger partial charge < -0.3 is 25.0 Å². The Hall–Kier alpha value is -2.30. The van der Waals surface area contributed by atoms with Gasteiger partial charge in [-0.05, 0) is 49.7 Å². The van der Waals surface area contributed by atoms with Crippen molar-refractivity contribution in [3.05, 3.63) is 48.4 Å². The van der Waals surface area contributed by atoms with E-state index in [1.807, 2.05) is 36.1 Å². The molecule has 0 saturated carbocycles. The number of pyridine rings is 1. The summed E-state index contributed by atoms with van der Waals surface area (Å²) in [6.07, 6.45) is 3.33. The molecule has 1 aromatic heterocycles. The molecule has 1 aliphatic rings. The highest BCUT2D eigenvalue weighted by molar-refractivity contribution is 14.0. The molecule has 170 valence electrons. The average Bonchev–Trinajstić information content (AvgIpc) is 3.22. The molecule has 2 heterocycles. The summed E-state index contributed by atoms with van der Waals surface area (Å²) in [4.78, 5) is 10.8. The summed E-state index contributed by atoms with van der Waals surface area (Å²) in [6.45, 7) is 5.51. The van der Waals surface area contributed by atoms with E-state index in [9.17, 15) is 4.39 Å². The van der Waals surface area contributed by atoms with Crippen molar-refractivity contribution in [3.63, 3.8) is 0 Å². The zero-order valence-electron chi connectivity index (χ0n) is 18.0. The fraction of sp³-hybridized carbons (Fsp3) is 0.455. The van der Waals surface area contributed by atoms with Gasteiger partial charge in [0.1, 0.15) is 11.5 Å². The summed E-state index contributed by atoms with van der Waals surface area (Å²) in [5.41, 5.74) is 0. The van der Waals surface area contributed by atoms with Gasteiger partial charge in [0.2, 0.25) is 0 Å². The summed E-state index contributed by atoms with van der Waals surface area (Å²) < 4.78 is 24.9. The molecule has 0 amide bonds. The van der Waals surface area contributed by atoms with Gasteiger partial charge in [-0.1, -0.05) is 0 Å². The SMILES string of the molecule is CCNC(=NCCCOc1ccc(OC)cc1)NC1CCN(c2ncccc2F)C1.I. The van der Waals surface area contributed by atoms with Crippen LogP contribution in [0, 0.1) is 5.82 Å². The van der Waals surface area contributed by atoms with Gasteiger partial charge in [-0.2, -0.15) is 0 Å². The van der Waals surface area contributed by atoms with E-state index in [1.54, 1.807) is 19.4 Å². The summed E-state index contributed by atoms with van der Waals surface area (Å²) in [5.74, 6) is 2.53. The minimum absolute atomic E-state index is 0. The largest absolute Gasteiger partial charge is 0.497 e. The van der Waals surface area contributed by atoms with E-state index in [1.165, 1.54) is 6.07 Å². The molecule has 1 fully saturated rings. The molecule has 1 aromatic carbocycles. The van der Waals surface area contributed by atoms with Crippen LogP contribution < -0.4 is 25.0 Å². The van der Waals surface area contributed by atoms with Crippen LogP contribution in [0.2, 0.25) is 0 Å². The van der Waals surface area contributed by atoms with Crippen LogP contribution in [0.4, 0.5) is 10.2 Å². The summed E-state index contributed by atoms with van der Waals surface area (Å²) in [7, 11) is 1.64. The number of methoxy groups -OCH3 is 1. The van der Waals surface area contributed by atoms with Crippen molar-refractivity contribution in [2.24, 2.45) is 4.99 Å². The first-order valence-electron chi connectivity index (χ1n) is 10.4. The molecule has 3 rings (SSSR count). The number of halogens is 2. The second kappa shape index (κ2) is 13.2. The van der Waals surface area contributed by atoms with Gasteiger partial charge in [0, 0.05) is 44.8 Å². The number of nitrogens with zero attached hydrogens (tertiary/aromatic N) is 3. The van der Waals surface area contributed by atoms with Crippen molar-refractivity contribution in [1.82, 2.24) is 15.6 Å². The lowest BCUT2D eigenvalue weighted by molar-refractivity contribution is 0.312. The molecule has 2 N–H and O–H groups in total. The first-order valence-corrected chi connectivity index (χ1v) is 10.4. The molecule has 0 aliphatic carbocycles. The van der Waals surface area contributed by atoms with Gasteiger partial charge in [0.15, 0.2) is 17.6 Å². The molecule has 0 bridgehead atoms. The van der Waals surface area contributed by atoms with Gasteiger partial charge in [-0.15, -0.1) is 24.0 Å². The summed E-state index contributed by atoms with van der Waals surface area (Å²) >= 11 is 0. The van der Waals surface area contributed by atoms with E-state index in [0.717, 1.165) is 43.4 Å². The maximum Gasteiger partial charge on any atom is 0.191 e. The Morgan fingerprint density at radius 1 is 1.26 bits per heavy atom. The van der Waals surface area contributed by atoms with Gasteiger partial charge in [-0.3, -0.25) is 4.99 Å². The van der Waals surface area contributed by atoms with Crippen LogP contribution >= 0.6 is 24.0 Å². The molecule has 7 nitrogen and oxygen atoms in total. The number of hydrogen-bond donors (Lipinski definition) is 2. The van der Waals surface area contributed by atoms with Crippen molar-refractivity contribution >= 4 is 35.8 Å². The standard InChI is InChI=1S/C22H30FN5O2.HI/c1-3-24-22(26-13-5-15-30-19-9-7-18(29-2)8-10-19)27-17-11-14-28(16-17)21-20(23)6-4-12-25-21;/h4,6-10,12,17H,3,5,11,13-16H2,1-2H3,(H2,24,26,27);1H. The predicted octanol–water partition coefficient (Wildman–Crippen LogP) is 3.45. The Balaban J connectivity index is 0.00000341. The maximum absolute atomic E-state index is 14.0. The number of nitrogens with one attached hydrogen (secondary N) is 2. The number of aliphatic imine (C=N–C) groups is 1. The van der Waals surface area contributed by atoms with Crippen molar-refractivity contribution in [2.75, 3.05) is 44.8 Å². The molecule has 1 atom stereocenters. The molecule has 1 aliphatic heterocycles. The lowest BCUT2D eigenvalue weighted by Gasteiger charge is -2.20. The fourth-order valence-corrected chi connectivity index (χ4v) is 3.31. The molecule has 9 heteroatoms. The Bertz CT molecular complexity index is 822. The minimum Gasteiger partial charge on any atom is -0.497 e. The predicted molar refractivity (Wildman–Crippen MR) is 132 cm³/mol. The molecule has 31 heavy (non-hydrogen) atoms. The normalized spacial score (nSPS) is 15.9. The Labute approximate surface area is 200 Å². The highest BCUT2D eigenvalue weighted by Gasteiger charge is 2.25.